The number of aromatic hydroxyl groups is 1. The van der Waals surface area contributed by atoms with E-state index >= 15 is 0 Å². The van der Waals surface area contributed by atoms with Crippen molar-refractivity contribution in [2.24, 2.45) is 0 Å². The van der Waals surface area contributed by atoms with E-state index in [0.717, 1.165) is 17.8 Å². The van der Waals surface area contributed by atoms with Crippen LogP contribution in [0, 0.1) is 5.82 Å². The molecule has 5 heteroatoms. The Balaban J connectivity index is 2.21. The molecule has 2 rings (SSSR count). The highest BCUT2D eigenvalue weighted by molar-refractivity contribution is 6.01. The average Bonchev–Trinajstić information content (AvgIpc) is 2.49. The summed E-state index contributed by atoms with van der Waals surface area (Å²) in [4.78, 5) is 13.9. The monoisotopic (exact) mass is 289 g/mol. The van der Waals surface area contributed by atoms with Crippen molar-refractivity contribution in [1.29, 1.82) is 0 Å². The normalized spacial score (nSPS) is 10.2. The fourth-order valence-electron chi connectivity index (χ4n) is 2.06. The van der Waals surface area contributed by atoms with E-state index < -0.39 is 5.82 Å². The lowest BCUT2D eigenvalue weighted by Gasteiger charge is -2.21. The Kier molecular flexibility index (Phi) is 4.42. The summed E-state index contributed by atoms with van der Waals surface area (Å²) in [6.07, 6.45) is 0. The van der Waals surface area contributed by atoms with E-state index in [0.29, 0.717) is 5.75 Å². The molecule has 0 radical (unpaired) electrons. The Morgan fingerprint density at radius 2 is 2.00 bits per heavy atom. The van der Waals surface area contributed by atoms with Crippen molar-refractivity contribution in [2.75, 3.05) is 25.6 Å². The number of hydrogen-bond donors (Lipinski definition) is 1. The predicted octanol–water partition coefficient (Wildman–Crippen LogP) is 2.86. The molecule has 0 heterocycles. The number of phenols is 1. The summed E-state index contributed by atoms with van der Waals surface area (Å²) >= 11 is 0. The number of nitrogens with zero attached hydrogens (tertiary/aromatic N) is 1. The summed E-state index contributed by atoms with van der Waals surface area (Å²) in [5, 5.41) is 9.66. The van der Waals surface area contributed by atoms with Crippen molar-refractivity contribution in [1.82, 2.24) is 0 Å². The van der Waals surface area contributed by atoms with Gasteiger partial charge in [0.25, 0.3) is 0 Å². The first-order valence-electron chi connectivity index (χ1n) is 6.39. The standard InChI is InChI=1S/C16H16FNO3/c1-18(13-5-3-4-6-16(13)21-2)10-15(20)12-9-11(17)7-8-14(12)19/h3-9,19H,10H2,1-2H3. The van der Waals surface area contributed by atoms with Crippen molar-refractivity contribution >= 4 is 11.5 Å². The van der Waals surface area contributed by atoms with Gasteiger partial charge in [-0.05, 0) is 30.3 Å². The van der Waals surface area contributed by atoms with Crippen molar-refractivity contribution in [2.45, 2.75) is 0 Å². The molecule has 0 aliphatic heterocycles. The van der Waals surface area contributed by atoms with Crippen LogP contribution in [0.15, 0.2) is 42.5 Å². The molecule has 0 amide bonds. The lowest BCUT2D eigenvalue weighted by molar-refractivity contribution is 0.0997. The first-order valence-corrected chi connectivity index (χ1v) is 6.39. The zero-order chi connectivity index (χ0) is 15.4. The maximum atomic E-state index is 13.2. The van der Waals surface area contributed by atoms with Gasteiger partial charge in [-0.25, -0.2) is 4.39 Å². The van der Waals surface area contributed by atoms with Gasteiger partial charge < -0.3 is 14.7 Å². The summed E-state index contributed by atoms with van der Waals surface area (Å²) in [5.74, 6) is -0.525. The van der Waals surface area contributed by atoms with Gasteiger partial charge in [0.1, 0.15) is 17.3 Å². The quantitative estimate of drug-likeness (QED) is 0.860. The van der Waals surface area contributed by atoms with Crippen LogP contribution in [0.4, 0.5) is 10.1 Å². The van der Waals surface area contributed by atoms with Crippen molar-refractivity contribution < 1.29 is 19.0 Å². The number of carbonyl (C=O) groups excluding carboxylic acids is 1. The molecule has 2 aromatic rings. The van der Waals surface area contributed by atoms with Crippen molar-refractivity contribution in [3.63, 3.8) is 0 Å². The minimum atomic E-state index is -0.559. The van der Waals surface area contributed by atoms with E-state index in [1.54, 1.807) is 25.1 Å². The number of ketones is 1. The number of anilines is 1. The summed E-state index contributed by atoms with van der Waals surface area (Å²) in [6, 6.07) is 10.6. The fourth-order valence-corrected chi connectivity index (χ4v) is 2.06. The number of phenolic OH excluding ortho intramolecular Hbond substituents is 1. The molecule has 21 heavy (non-hydrogen) atoms. The summed E-state index contributed by atoms with van der Waals surface area (Å²) < 4.78 is 18.4. The molecule has 0 saturated carbocycles. The van der Waals surface area contributed by atoms with Crippen LogP contribution in [0.5, 0.6) is 11.5 Å². The second-order valence-corrected chi connectivity index (χ2v) is 4.61. The number of carbonyl (C=O) groups is 1. The third kappa shape index (κ3) is 3.31. The molecule has 4 nitrogen and oxygen atoms in total. The minimum Gasteiger partial charge on any atom is -0.507 e. The van der Waals surface area contributed by atoms with E-state index in [1.165, 1.54) is 6.07 Å². The number of likely N-dealkylation sites (N-methyl/N-ethyl adjacent to an activating group) is 1. The lowest BCUT2D eigenvalue weighted by atomic mass is 10.1. The molecule has 2 aromatic carbocycles. The van der Waals surface area contributed by atoms with Crippen LogP contribution in [0.2, 0.25) is 0 Å². The summed E-state index contributed by atoms with van der Waals surface area (Å²) in [5.41, 5.74) is 0.709. The van der Waals surface area contributed by atoms with Crippen LogP contribution in [0.3, 0.4) is 0 Å². The van der Waals surface area contributed by atoms with E-state index in [-0.39, 0.29) is 23.6 Å². The average molecular weight is 289 g/mol. The highest BCUT2D eigenvalue weighted by Gasteiger charge is 2.16. The highest BCUT2D eigenvalue weighted by Crippen LogP contribution is 2.27. The molecule has 0 spiro atoms. The van der Waals surface area contributed by atoms with Gasteiger partial charge >= 0.3 is 0 Å². The summed E-state index contributed by atoms with van der Waals surface area (Å²) in [7, 11) is 3.28. The molecular weight excluding hydrogens is 273 g/mol. The topological polar surface area (TPSA) is 49.8 Å². The highest BCUT2D eigenvalue weighted by atomic mass is 19.1. The van der Waals surface area contributed by atoms with Crippen molar-refractivity contribution in [3.8, 4) is 11.5 Å². The Morgan fingerprint density at radius 3 is 2.71 bits per heavy atom. The van der Waals surface area contributed by atoms with E-state index in [1.807, 2.05) is 18.2 Å². The first kappa shape index (κ1) is 14.8. The molecule has 0 aliphatic rings. The molecular formula is C16H16FNO3. The van der Waals surface area contributed by atoms with E-state index in [4.69, 9.17) is 4.74 Å². The SMILES string of the molecule is COc1ccccc1N(C)CC(=O)c1cc(F)ccc1O. The van der Waals surface area contributed by atoms with Gasteiger partial charge in [0.05, 0.1) is 24.9 Å². The van der Waals surface area contributed by atoms with Crippen LogP contribution in [0.1, 0.15) is 10.4 Å². The van der Waals surface area contributed by atoms with Gasteiger partial charge in [0, 0.05) is 7.05 Å². The smallest absolute Gasteiger partial charge is 0.185 e. The molecule has 0 atom stereocenters. The van der Waals surface area contributed by atoms with Gasteiger partial charge in [0.2, 0.25) is 0 Å². The number of hydrogen-bond acceptors (Lipinski definition) is 4. The molecule has 0 aliphatic carbocycles. The molecule has 0 unspecified atom stereocenters. The zero-order valence-corrected chi connectivity index (χ0v) is 11.8. The molecule has 0 fully saturated rings. The van der Waals surface area contributed by atoms with Gasteiger partial charge in [-0.1, -0.05) is 12.1 Å². The Hall–Kier alpha value is -2.56. The Bertz CT molecular complexity index is 658. The largest absolute Gasteiger partial charge is 0.507 e. The second-order valence-electron chi connectivity index (χ2n) is 4.61. The molecule has 0 saturated heterocycles. The molecule has 110 valence electrons. The Labute approximate surface area is 122 Å². The molecule has 1 N–H and O–H groups in total. The number of ether oxygens (including phenoxy) is 1. The number of rotatable bonds is 5. The van der Waals surface area contributed by atoms with Crippen molar-refractivity contribution in [3.05, 3.63) is 53.8 Å². The van der Waals surface area contributed by atoms with Gasteiger partial charge in [0.15, 0.2) is 5.78 Å². The van der Waals surface area contributed by atoms with E-state index in [9.17, 15) is 14.3 Å². The van der Waals surface area contributed by atoms with E-state index in [2.05, 4.69) is 0 Å². The van der Waals surface area contributed by atoms with Crippen LogP contribution < -0.4 is 9.64 Å². The second kappa shape index (κ2) is 6.26. The maximum Gasteiger partial charge on any atom is 0.185 e. The van der Waals surface area contributed by atoms with Crippen LogP contribution in [-0.4, -0.2) is 31.6 Å². The maximum absolute atomic E-state index is 13.2. The number of halogens is 1. The fraction of sp³-hybridized carbons (Fsp3) is 0.188. The minimum absolute atomic E-state index is 0.00259. The zero-order valence-electron chi connectivity index (χ0n) is 11.8. The summed E-state index contributed by atoms with van der Waals surface area (Å²) in [6.45, 7) is -0.00259. The molecule has 0 bridgehead atoms. The first-order chi connectivity index (χ1) is 10.0. The third-order valence-corrected chi connectivity index (χ3v) is 3.14. The van der Waals surface area contributed by atoms with Gasteiger partial charge in [-0.3, -0.25) is 4.79 Å². The number of para-hydroxylation sites is 2. The van der Waals surface area contributed by atoms with Crippen LogP contribution in [-0.2, 0) is 0 Å². The number of methoxy groups -OCH3 is 1. The van der Waals surface area contributed by atoms with Crippen LogP contribution >= 0.6 is 0 Å². The van der Waals surface area contributed by atoms with Gasteiger partial charge in [-0.15, -0.1) is 0 Å². The number of Topliss-reactive ketones (excluding diaryl/α,β-unsaturated/α-hetero) is 1. The number of benzene rings is 2. The van der Waals surface area contributed by atoms with Gasteiger partial charge in [-0.2, -0.15) is 0 Å². The van der Waals surface area contributed by atoms with Crippen LogP contribution in [0.25, 0.3) is 0 Å². The lowest BCUT2D eigenvalue weighted by Crippen LogP contribution is -2.26. The predicted molar refractivity (Wildman–Crippen MR) is 78.7 cm³/mol. The Morgan fingerprint density at radius 1 is 1.29 bits per heavy atom. The third-order valence-electron chi connectivity index (χ3n) is 3.14. The molecule has 0 aromatic heterocycles.